The second-order valence-electron chi connectivity index (χ2n) is 6.02. The fraction of sp³-hybridized carbons (Fsp3) is 0.235. The number of rotatable bonds is 3. The maximum atomic E-state index is 12.8. The van der Waals surface area contributed by atoms with E-state index >= 15 is 0 Å². The number of anilines is 2. The van der Waals surface area contributed by atoms with E-state index in [9.17, 15) is 26.4 Å². The van der Waals surface area contributed by atoms with Crippen LogP contribution in [-0.4, -0.2) is 20.9 Å². The molecule has 0 spiro atoms. The molecular weight excluding hydrogens is 449 g/mol. The van der Waals surface area contributed by atoms with Crippen molar-refractivity contribution < 1.29 is 26.4 Å². The van der Waals surface area contributed by atoms with Crippen LogP contribution >= 0.6 is 15.9 Å². The molecule has 3 rings (SSSR count). The van der Waals surface area contributed by atoms with Gasteiger partial charge in [0.25, 0.3) is 10.0 Å². The SMILES string of the molecule is CC(=O)N1CCc2cc(Br)c(S(=O)(=O)Nc3cccc(C(F)(F)F)c3)cc21. The molecule has 10 heteroatoms. The number of hydrogen-bond donors (Lipinski definition) is 1. The minimum absolute atomic E-state index is 0.160. The van der Waals surface area contributed by atoms with Gasteiger partial charge < -0.3 is 4.90 Å². The number of carbonyl (C=O) groups excluding carboxylic acids is 1. The molecule has 1 aliphatic rings. The number of fused-ring (bicyclic) bond motifs is 1. The van der Waals surface area contributed by atoms with Gasteiger partial charge in [-0.2, -0.15) is 13.2 Å². The van der Waals surface area contributed by atoms with E-state index in [4.69, 9.17) is 0 Å². The van der Waals surface area contributed by atoms with E-state index in [-0.39, 0.29) is 21.0 Å². The molecule has 0 unspecified atom stereocenters. The molecule has 0 aliphatic carbocycles. The zero-order valence-corrected chi connectivity index (χ0v) is 16.4. The van der Waals surface area contributed by atoms with Crippen molar-refractivity contribution in [2.24, 2.45) is 0 Å². The highest BCUT2D eigenvalue weighted by Crippen LogP contribution is 2.36. The first-order valence-electron chi connectivity index (χ1n) is 7.79. The Bertz CT molecular complexity index is 1020. The van der Waals surface area contributed by atoms with Crippen molar-refractivity contribution >= 4 is 43.2 Å². The summed E-state index contributed by atoms with van der Waals surface area (Å²) in [6, 6.07) is 6.89. The Morgan fingerprint density at radius 1 is 1.22 bits per heavy atom. The monoisotopic (exact) mass is 462 g/mol. The average Bonchev–Trinajstić information content (AvgIpc) is 2.96. The molecule has 0 saturated heterocycles. The third kappa shape index (κ3) is 3.96. The number of nitrogens with zero attached hydrogens (tertiary/aromatic N) is 1. The number of carbonyl (C=O) groups is 1. The third-order valence-electron chi connectivity index (χ3n) is 4.14. The zero-order valence-electron chi connectivity index (χ0n) is 14.0. The molecule has 1 amide bonds. The summed E-state index contributed by atoms with van der Waals surface area (Å²) in [4.78, 5) is 13.0. The molecule has 1 heterocycles. The molecule has 0 aromatic heterocycles. The lowest BCUT2D eigenvalue weighted by Crippen LogP contribution is -2.26. The third-order valence-corrected chi connectivity index (χ3v) is 6.48. The molecule has 2 aromatic carbocycles. The van der Waals surface area contributed by atoms with E-state index in [0.717, 1.165) is 23.8 Å². The van der Waals surface area contributed by atoms with Gasteiger partial charge in [0, 0.05) is 29.3 Å². The Hall–Kier alpha value is -2.07. The Morgan fingerprint density at radius 2 is 1.93 bits per heavy atom. The van der Waals surface area contributed by atoms with Gasteiger partial charge in [-0.25, -0.2) is 8.42 Å². The lowest BCUT2D eigenvalue weighted by atomic mass is 10.2. The maximum absolute atomic E-state index is 12.8. The van der Waals surface area contributed by atoms with Crippen molar-refractivity contribution in [3.8, 4) is 0 Å². The van der Waals surface area contributed by atoms with Crippen molar-refractivity contribution in [2.75, 3.05) is 16.2 Å². The summed E-state index contributed by atoms with van der Waals surface area (Å²) >= 11 is 3.20. The van der Waals surface area contributed by atoms with Crippen LogP contribution in [0.3, 0.4) is 0 Å². The largest absolute Gasteiger partial charge is 0.416 e. The number of nitrogens with one attached hydrogen (secondary N) is 1. The van der Waals surface area contributed by atoms with Gasteiger partial charge in [-0.3, -0.25) is 9.52 Å². The minimum atomic E-state index is -4.59. The number of alkyl halides is 3. The Labute approximate surface area is 162 Å². The van der Waals surface area contributed by atoms with Crippen LogP contribution in [0.5, 0.6) is 0 Å². The number of sulfonamides is 1. The van der Waals surface area contributed by atoms with Crippen LogP contribution in [0.1, 0.15) is 18.1 Å². The molecule has 0 fully saturated rings. The molecule has 1 N–H and O–H groups in total. The molecule has 0 atom stereocenters. The van der Waals surface area contributed by atoms with Gasteiger partial charge in [0.2, 0.25) is 5.91 Å². The van der Waals surface area contributed by atoms with E-state index in [1.165, 1.54) is 24.0 Å². The number of amides is 1. The summed E-state index contributed by atoms with van der Waals surface area (Å²) < 4.78 is 66.4. The molecule has 144 valence electrons. The van der Waals surface area contributed by atoms with Gasteiger partial charge in [-0.15, -0.1) is 0 Å². The summed E-state index contributed by atoms with van der Waals surface area (Å²) in [5.74, 6) is -0.217. The van der Waals surface area contributed by atoms with Gasteiger partial charge in [-0.05, 0) is 58.2 Å². The predicted octanol–water partition coefficient (Wildman–Crippen LogP) is 4.18. The van der Waals surface area contributed by atoms with Crippen LogP contribution in [0.15, 0.2) is 45.8 Å². The van der Waals surface area contributed by atoms with Crippen LogP contribution in [0, 0.1) is 0 Å². The average molecular weight is 463 g/mol. The number of hydrogen-bond acceptors (Lipinski definition) is 3. The summed E-state index contributed by atoms with van der Waals surface area (Å²) in [6.45, 7) is 1.83. The normalized spacial score (nSPS) is 14.2. The van der Waals surface area contributed by atoms with Gasteiger partial charge >= 0.3 is 6.18 Å². The Morgan fingerprint density at radius 3 is 2.56 bits per heavy atom. The highest BCUT2D eigenvalue weighted by molar-refractivity contribution is 9.10. The van der Waals surface area contributed by atoms with E-state index in [0.29, 0.717) is 18.7 Å². The van der Waals surface area contributed by atoms with Crippen LogP contribution in [0.4, 0.5) is 24.5 Å². The van der Waals surface area contributed by atoms with Crippen molar-refractivity contribution in [1.29, 1.82) is 0 Å². The lowest BCUT2D eigenvalue weighted by molar-refractivity contribution is -0.137. The van der Waals surface area contributed by atoms with Crippen molar-refractivity contribution in [3.05, 3.63) is 52.0 Å². The fourth-order valence-electron chi connectivity index (χ4n) is 2.89. The quantitative estimate of drug-likeness (QED) is 0.743. The van der Waals surface area contributed by atoms with Crippen molar-refractivity contribution in [3.63, 3.8) is 0 Å². The summed E-state index contributed by atoms with van der Waals surface area (Å²) in [5.41, 5.74) is 0.129. The minimum Gasteiger partial charge on any atom is -0.312 e. The summed E-state index contributed by atoms with van der Waals surface area (Å²) in [6.07, 6.45) is -3.99. The molecule has 0 saturated carbocycles. The van der Waals surface area contributed by atoms with Crippen LogP contribution in [0.2, 0.25) is 0 Å². The first-order chi connectivity index (χ1) is 12.5. The van der Waals surface area contributed by atoms with E-state index < -0.39 is 21.8 Å². The predicted molar refractivity (Wildman–Crippen MR) is 98.1 cm³/mol. The van der Waals surface area contributed by atoms with E-state index in [1.54, 1.807) is 6.07 Å². The Balaban J connectivity index is 1.99. The second-order valence-corrected chi connectivity index (χ2v) is 8.52. The molecule has 1 aliphatic heterocycles. The highest BCUT2D eigenvalue weighted by atomic mass is 79.9. The van der Waals surface area contributed by atoms with Gasteiger partial charge in [0.1, 0.15) is 4.90 Å². The molecule has 0 bridgehead atoms. The summed E-state index contributed by atoms with van der Waals surface area (Å²) in [7, 11) is -4.18. The Kier molecular flexibility index (Phi) is 4.98. The van der Waals surface area contributed by atoms with Crippen molar-refractivity contribution in [1.82, 2.24) is 0 Å². The van der Waals surface area contributed by atoms with Gasteiger partial charge in [0.15, 0.2) is 0 Å². The highest BCUT2D eigenvalue weighted by Gasteiger charge is 2.31. The fourth-order valence-corrected chi connectivity index (χ4v) is 5.05. The topological polar surface area (TPSA) is 66.5 Å². The van der Waals surface area contributed by atoms with Crippen molar-refractivity contribution in [2.45, 2.75) is 24.4 Å². The van der Waals surface area contributed by atoms with Crippen LogP contribution in [0.25, 0.3) is 0 Å². The first kappa shape index (κ1) is 19.7. The molecule has 0 radical (unpaired) electrons. The lowest BCUT2D eigenvalue weighted by Gasteiger charge is -2.17. The zero-order chi connectivity index (χ0) is 20.0. The first-order valence-corrected chi connectivity index (χ1v) is 10.1. The molecule has 27 heavy (non-hydrogen) atoms. The number of benzene rings is 2. The number of halogens is 4. The second kappa shape index (κ2) is 6.83. The van der Waals surface area contributed by atoms with Gasteiger partial charge in [0.05, 0.1) is 5.56 Å². The smallest absolute Gasteiger partial charge is 0.312 e. The van der Waals surface area contributed by atoms with E-state index in [1.807, 2.05) is 0 Å². The molecule has 5 nitrogen and oxygen atoms in total. The van der Waals surface area contributed by atoms with Crippen LogP contribution < -0.4 is 9.62 Å². The summed E-state index contributed by atoms with van der Waals surface area (Å²) in [5, 5.41) is 0. The molecule has 2 aromatic rings. The maximum Gasteiger partial charge on any atom is 0.416 e. The standard InChI is InChI=1S/C17H14BrF3N2O3S/c1-10(24)23-6-5-11-7-14(18)16(9-15(11)23)27(25,26)22-13-4-2-3-12(8-13)17(19,20)21/h2-4,7-9,22H,5-6H2,1H3. The van der Waals surface area contributed by atoms with Crippen LogP contribution in [-0.2, 0) is 27.4 Å². The van der Waals surface area contributed by atoms with E-state index in [2.05, 4.69) is 20.7 Å². The van der Waals surface area contributed by atoms with Gasteiger partial charge in [-0.1, -0.05) is 6.07 Å². The molecular formula is C17H14BrF3N2O3S.